The van der Waals surface area contributed by atoms with E-state index >= 15 is 0 Å². The van der Waals surface area contributed by atoms with Gasteiger partial charge in [0.25, 0.3) is 0 Å². The minimum absolute atomic E-state index is 1.00. The molecule has 0 aromatic carbocycles. The lowest BCUT2D eigenvalue weighted by Crippen LogP contribution is -2.03. The van der Waals surface area contributed by atoms with Crippen molar-refractivity contribution >= 4 is 12.3 Å². The van der Waals surface area contributed by atoms with Crippen molar-refractivity contribution < 1.29 is 34.8 Å². The topological polar surface area (TPSA) is 124 Å². The summed E-state index contributed by atoms with van der Waals surface area (Å²) >= 11 is 0. The first-order valence-electron chi connectivity index (χ1n) is 3.88. The van der Waals surface area contributed by atoms with E-state index in [1.807, 2.05) is 0 Å². The highest BCUT2D eigenvalue weighted by Gasteiger charge is 1.94. The lowest BCUT2D eigenvalue weighted by atomic mass is 10.2. The number of ether oxygens (including phenoxy) is 1. The standard InChI is InChI=1S/C5H10O.2CH2O3/c1-2-4-6-5-3-1;2*2-1(3)4/h1-5H2;2*(H2,2,3,4). The lowest BCUT2D eigenvalue weighted by Gasteiger charge is -2.08. The van der Waals surface area contributed by atoms with Crippen LogP contribution in [0.1, 0.15) is 19.3 Å². The highest BCUT2D eigenvalue weighted by Crippen LogP contribution is 2.02. The van der Waals surface area contributed by atoms with Crippen LogP contribution in [0.3, 0.4) is 0 Å². The van der Waals surface area contributed by atoms with Crippen LogP contribution in [0.15, 0.2) is 0 Å². The molecule has 1 saturated heterocycles. The fourth-order valence-electron chi connectivity index (χ4n) is 0.687. The van der Waals surface area contributed by atoms with E-state index < -0.39 is 12.3 Å². The van der Waals surface area contributed by atoms with Crippen LogP contribution in [0, 0.1) is 0 Å². The van der Waals surface area contributed by atoms with E-state index in [1.54, 1.807) is 0 Å². The van der Waals surface area contributed by atoms with Gasteiger partial charge in [-0.15, -0.1) is 0 Å². The van der Waals surface area contributed by atoms with Crippen LogP contribution in [0.25, 0.3) is 0 Å². The van der Waals surface area contributed by atoms with Crippen molar-refractivity contribution in [1.29, 1.82) is 0 Å². The smallest absolute Gasteiger partial charge is 0.450 e. The molecule has 4 N–H and O–H groups in total. The number of hydrogen-bond donors (Lipinski definition) is 4. The molecule has 0 radical (unpaired) electrons. The summed E-state index contributed by atoms with van der Waals surface area (Å²) in [5, 5.41) is 27.9. The summed E-state index contributed by atoms with van der Waals surface area (Å²) in [6, 6.07) is 0. The predicted molar refractivity (Wildman–Crippen MR) is 46.0 cm³/mol. The zero-order valence-electron chi connectivity index (χ0n) is 7.55. The van der Waals surface area contributed by atoms with Gasteiger partial charge < -0.3 is 25.2 Å². The molecule has 0 aliphatic carbocycles. The molecule has 7 heteroatoms. The number of carbonyl (C=O) groups is 2. The van der Waals surface area contributed by atoms with Crippen molar-refractivity contribution in [2.75, 3.05) is 13.2 Å². The van der Waals surface area contributed by atoms with Gasteiger partial charge in [-0.3, -0.25) is 0 Å². The second-order valence-electron chi connectivity index (χ2n) is 2.24. The lowest BCUT2D eigenvalue weighted by molar-refractivity contribution is 0.0968. The monoisotopic (exact) mass is 210 g/mol. The van der Waals surface area contributed by atoms with Gasteiger partial charge in [0.1, 0.15) is 0 Å². The maximum Gasteiger partial charge on any atom is 0.503 e. The van der Waals surface area contributed by atoms with E-state index in [-0.39, 0.29) is 0 Å². The first-order chi connectivity index (χ1) is 6.46. The van der Waals surface area contributed by atoms with Crippen molar-refractivity contribution in [2.24, 2.45) is 0 Å². The molecule has 14 heavy (non-hydrogen) atoms. The molecule has 1 fully saturated rings. The summed E-state index contributed by atoms with van der Waals surface area (Å²) < 4.78 is 5.07. The normalized spacial score (nSPS) is 13.7. The van der Waals surface area contributed by atoms with Gasteiger partial charge in [-0.05, 0) is 19.3 Å². The van der Waals surface area contributed by atoms with Gasteiger partial charge in [-0.25, -0.2) is 9.59 Å². The van der Waals surface area contributed by atoms with E-state index in [9.17, 15) is 0 Å². The maximum atomic E-state index is 8.56. The second kappa shape index (κ2) is 11.5. The average molecular weight is 210 g/mol. The highest BCUT2D eigenvalue weighted by molar-refractivity contribution is 5.53. The van der Waals surface area contributed by atoms with E-state index in [0.29, 0.717) is 0 Å². The van der Waals surface area contributed by atoms with Crippen molar-refractivity contribution in [3.05, 3.63) is 0 Å². The van der Waals surface area contributed by atoms with Crippen LogP contribution in [0.4, 0.5) is 9.59 Å². The van der Waals surface area contributed by atoms with Crippen molar-refractivity contribution in [2.45, 2.75) is 19.3 Å². The molecular weight excluding hydrogens is 196 g/mol. The van der Waals surface area contributed by atoms with Crippen molar-refractivity contribution in [3.8, 4) is 0 Å². The van der Waals surface area contributed by atoms with Crippen LogP contribution >= 0.6 is 0 Å². The Morgan fingerprint density at radius 3 is 1.14 bits per heavy atom. The van der Waals surface area contributed by atoms with E-state index in [1.165, 1.54) is 19.3 Å². The van der Waals surface area contributed by atoms with Gasteiger partial charge in [0.2, 0.25) is 0 Å². The van der Waals surface area contributed by atoms with Crippen molar-refractivity contribution in [1.82, 2.24) is 0 Å². The molecule has 0 aromatic heterocycles. The molecule has 1 aliphatic rings. The largest absolute Gasteiger partial charge is 0.503 e. The Balaban J connectivity index is 0. The summed E-state index contributed by atoms with van der Waals surface area (Å²) in [5.41, 5.74) is 0. The molecule has 0 amide bonds. The zero-order valence-corrected chi connectivity index (χ0v) is 7.55. The third-order valence-corrected chi connectivity index (χ3v) is 1.08. The SMILES string of the molecule is C1CCOCC1.O=C(O)O.O=C(O)O. The molecule has 84 valence electrons. The summed E-state index contributed by atoms with van der Waals surface area (Å²) in [4.78, 5) is 17.1. The van der Waals surface area contributed by atoms with Gasteiger partial charge in [-0.1, -0.05) is 0 Å². The average Bonchev–Trinajstić information content (AvgIpc) is 2.05. The molecule has 0 saturated carbocycles. The summed E-state index contributed by atoms with van der Waals surface area (Å²) in [5.74, 6) is 0. The molecule has 0 atom stereocenters. The quantitative estimate of drug-likeness (QED) is 0.478. The van der Waals surface area contributed by atoms with Gasteiger partial charge in [0.05, 0.1) is 0 Å². The number of hydrogen-bond acceptors (Lipinski definition) is 3. The molecule has 0 unspecified atom stereocenters. The minimum atomic E-state index is -1.83. The van der Waals surface area contributed by atoms with Crippen LogP contribution in [-0.4, -0.2) is 46.0 Å². The minimum Gasteiger partial charge on any atom is -0.450 e. The Morgan fingerprint density at radius 2 is 1.07 bits per heavy atom. The fourth-order valence-corrected chi connectivity index (χ4v) is 0.687. The van der Waals surface area contributed by atoms with Gasteiger partial charge in [0.15, 0.2) is 0 Å². The third-order valence-electron chi connectivity index (χ3n) is 1.08. The second-order valence-corrected chi connectivity index (χ2v) is 2.24. The third kappa shape index (κ3) is 46.8. The summed E-state index contributed by atoms with van der Waals surface area (Å²) in [7, 11) is 0. The van der Waals surface area contributed by atoms with Gasteiger partial charge in [0, 0.05) is 13.2 Å². The first kappa shape index (κ1) is 15.0. The van der Waals surface area contributed by atoms with Crippen LogP contribution in [0.2, 0.25) is 0 Å². The van der Waals surface area contributed by atoms with E-state index in [2.05, 4.69) is 0 Å². The Morgan fingerprint density at radius 1 is 0.786 bits per heavy atom. The van der Waals surface area contributed by atoms with Crippen LogP contribution in [0.5, 0.6) is 0 Å². The highest BCUT2D eigenvalue weighted by atomic mass is 16.6. The van der Waals surface area contributed by atoms with Gasteiger partial charge in [-0.2, -0.15) is 0 Å². The molecule has 0 spiro atoms. The molecular formula is C7H14O7. The first-order valence-corrected chi connectivity index (χ1v) is 3.88. The molecule has 0 aromatic rings. The Labute approximate surface area is 80.5 Å². The Kier molecular flexibility index (Phi) is 12.3. The fraction of sp³-hybridized carbons (Fsp3) is 0.714. The zero-order chi connectivity index (χ0) is 11.4. The Hall–Kier alpha value is -1.50. The van der Waals surface area contributed by atoms with Crippen molar-refractivity contribution in [3.63, 3.8) is 0 Å². The Bertz CT molecular complexity index is 121. The summed E-state index contributed by atoms with van der Waals surface area (Å²) in [6.07, 6.45) is 0.264. The van der Waals surface area contributed by atoms with Gasteiger partial charge >= 0.3 is 12.3 Å². The molecule has 1 rings (SSSR count). The molecule has 1 heterocycles. The molecule has 7 nitrogen and oxygen atoms in total. The number of carboxylic acid groups (broad SMARTS) is 4. The molecule has 1 aliphatic heterocycles. The predicted octanol–water partition coefficient (Wildman–Crippen LogP) is 1.63. The maximum absolute atomic E-state index is 8.56. The van der Waals surface area contributed by atoms with E-state index in [4.69, 9.17) is 34.8 Å². The van der Waals surface area contributed by atoms with Crippen LogP contribution in [-0.2, 0) is 4.74 Å². The molecule has 0 bridgehead atoms. The van der Waals surface area contributed by atoms with E-state index in [0.717, 1.165) is 13.2 Å². The number of rotatable bonds is 0. The van der Waals surface area contributed by atoms with Crippen LogP contribution < -0.4 is 0 Å². The summed E-state index contributed by atoms with van der Waals surface area (Å²) in [6.45, 7) is 2.00.